The lowest BCUT2D eigenvalue weighted by atomic mass is 9.92. The third-order valence-electron chi connectivity index (χ3n) is 4.49. The molecule has 2 rings (SSSR count). The van der Waals surface area contributed by atoms with E-state index in [1.54, 1.807) is 0 Å². The van der Waals surface area contributed by atoms with E-state index in [2.05, 4.69) is 5.32 Å². The van der Waals surface area contributed by atoms with Gasteiger partial charge in [-0.3, -0.25) is 9.59 Å². The summed E-state index contributed by atoms with van der Waals surface area (Å²) >= 11 is 0. The summed E-state index contributed by atoms with van der Waals surface area (Å²) in [5.41, 5.74) is -1.44. The Morgan fingerprint density at radius 1 is 1.20 bits per heavy atom. The van der Waals surface area contributed by atoms with Crippen LogP contribution in [0, 0.1) is 5.82 Å². The van der Waals surface area contributed by atoms with Crippen molar-refractivity contribution in [1.82, 2.24) is 10.2 Å². The zero-order valence-corrected chi connectivity index (χ0v) is 14.3. The monoisotopic (exact) mass is 350 g/mol. The van der Waals surface area contributed by atoms with Gasteiger partial charge in [-0.25, -0.2) is 9.18 Å². The zero-order valence-electron chi connectivity index (χ0n) is 14.3. The molecule has 1 fully saturated rings. The van der Waals surface area contributed by atoms with Crippen molar-refractivity contribution in [3.8, 4) is 0 Å². The van der Waals surface area contributed by atoms with Crippen molar-refractivity contribution in [2.75, 3.05) is 13.1 Å². The number of nitrogens with one attached hydrogen (secondary N) is 1. The smallest absolute Gasteiger partial charge is 0.333 e. The molecule has 25 heavy (non-hydrogen) atoms. The molecule has 1 saturated heterocycles. The van der Waals surface area contributed by atoms with Gasteiger partial charge in [-0.2, -0.15) is 0 Å². The fourth-order valence-corrected chi connectivity index (χ4v) is 2.91. The summed E-state index contributed by atoms with van der Waals surface area (Å²) in [4.78, 5) is 37.7. The van der Waals surface area contributed by atoms with Crippen LogP contribution in [0.4, 0.5) is 4.39 Å². The minimum atomic E-state index is -1.70. The predicted molar refractivity (Wildman–Crippen MR) is 89.2 cm³/mol. The average Bonchev–Trinajstić information content (AvgIpc) is 2.55. The quantitative estimate of drug-likeness (QED) is 0.851. The van der Waals surface area contributed by atoms with Gasteiger partial charge in [-0.05, 0) is 37.5 Å². The number of carbonyl (C=O) groups is 3. The average molecular weight is 350 g/mol. The first-order valence-corrected chi connectivity index (χ1v) is 8.41. The minimum Gasteiger partial charge on any atom is -0.479 e. The highest BCUT2D eigenvalue weighted by atomic mass is 19.1. The van der Waals surface area contributed by atoms with Crippen LogP contribution in [0.2, 0.25) is 0 Å². The van der Waals surface area contributed by atoms with Gasteiger partial charge >= 0.3 is 5.97 Å². The maximum Gasteiger partial charge on any atom is 0.333 e. The maximum absolute atomic E-state index is 13.1. The van der Waals surface area contributed by atoms with Crippen molar-refractivity contribution in [2.45, 2.75) is 44.6 Å². The molecule has 1 aliphatic heterocycles. The van der Waals surface area contributed by atoms with Crippen molar-refractivity contribution in [3.63, 3.8) is 0 Å². The van der Waals surface area contributed by atoms with E-state index in [0.717, 1.165) is 37.8 Å². The van der Waals surface area contributed by atoms with Crippen LogP contribution in [-0.2, 0) is 19.9 Å². The molecule has 0 radical (unpaired) electrons. The lowest BCUT2D eigenvalue weighted by molar-refractivity contribution is -0.148. The van der Waals surface area contributed by atoms with Crippen LogP contribution < -0.4 is 5.32 Å². The molecule has 2 amide bonds. The number of nitrogens with zero attached hydrogens (tertiary/aromatic N) is 1. The number of aliphatic carboxylic acids is 1. The molecule has 6 nitrogen and oxygen atoms in total. The van der Waals surface area contributed by atoms with Crippen LogP contribution in [0.15, 0.2) is 24.3 Å². The lowest BCUT2D eigenvalue weighted by Gasteiger charge is -2.29. The second-order valence-corrected chi connectivity index (χ2v) is 6.46. The normalized spacial score (nSPS) is 18.0. The highest BCUT2D eigenvalue weighted by molar-refractivity contribution is 5.90. The molecule has 1 unspecified atom stereocenters. The summed E-state index contributed by atoms with van der Waals surface area (Å²) in [7, 11) is 0. The minimum absolute atomic E-state index is 0.0892. The predicted octanol–water partition coefficient (Wildman–Crippen LogP) is 2.03. The summed E-state index contributed by atoms with van der Waals surface area (Å²) < 4.78 is 13.1. The number of halogens is 1. The summed E-state index contributed by atoms with van der Waals surface area (Å²) in [5.74, 6) is -2.39. The van der Waals surface area contributed by atoms with Gasteiger partial charge < -0.3 is 15.3 Å². The van der Waals surface area contributed by atoms with Crippen LogP contribution in [0.3, 0.4) is 0 Å². The Morgan fingerprint density at radius 3 is 2.48 bits per heavy atom. The summed E-state index contributed by atoms with van der Waals surface area (Å²) in [6, 6.07) is 4.94. The zero-order chi connectivity index (χ0) is 18.4. The fourth-order valence-electron chi connectivity index (χ4n) is 2.91. The third-order valence-corrected chi connectivity index (χ3v) is 4.49. The highest BCUT2D eigenvalue weighted by Gasteiger charge is 2.37. The molecule has 0 aliphatic carbocycles. The first-order valence-electron chi connectivity index (χ1n) is 8.41. The molecule has 0 spiro atoms. The molecule has 1 aromatic rings. The first-order chi connectivity index (χ1) is 11.8. The van der Waals surface area contributed by atoms with Gasteiger partial charge in [0.25, 0.3) is 0 Å². The Morgan fingerprint density at radius 2 is 1.84 bits per heavy atom. The molecule has 136 valence electrons. The molecule has 1 atom stereocenters. The molecule has 1 aromatic carbocycles. The Hall–Kier alpha value is -2.44. The van der Waals surface area contributed by atoms with E-state index in [4.69, 9.17) is 0 Å². The Labute approximate surface area is 146 Å². The molecule has 7 heteroatoms. The second-order valence-electron chi connectivity index (χ2n) is 6.46. The van der Waals surface area contributed by atoms with E-state index in [1.165, 1.54) is 24.0 Å². The van der Waals surface area contributed by atoms with Crippen molar-refractivity contribution < 1.29 is 23.9 Å². The van der Waals surface area contributed by atoms with Gasteiger partial charge in [0.15, 0.2) is 5.54 Å². The van der Waals surface area contributed by atoms with Crippen molar-refractivity contribution >= 4 is 17.8 Å². The fraction of sp³-hybridized carbons (Fsp3) is 0.500. The largest absolute Gasteiger partial charge is 0.479 e. The van der Waals surface area contributed by atoms with Gasteiger partial charge in [-0.15, -0.1) is 0 Å². The van der Waals surface area contributed by atoms with Crippen LogP contribution >= 0.6 is 0 Å². The number of carbonyl (C=O) groups excluding carboxylic acids is 2. The van der Waals surface area contributed by atoms with Crippen molar-refractivity contribution in [1.29, 1.82) is 0 Å². The number of carboxylic acid groups (broad SMARTS) is 1. The van der Waals surface area contributed by atoms with Crippen LogP contribution in [0.1, 0.15) is 44.6 Å². The van der Waals surface area contributed by atoms with Crippen LogP contribution in [0.5, 0.6) is 0 Å². The summed E-state index contributed by atoms with van der Waals surface area (Å²) in [6.07, 6.45) is 4.05. The van der Waals surface area contributed by atoms with E-state index < -0.39 is 23.2 Å². The topological polar surface area (TPSA) is 86.7 Å². The molecular formula is C18H23FN2O4. The molecule has 1 heterocycles. The molecule has 2 N–H and O–H groups in total. The van der Waals surface area contributed by atoms with E-state index in [0.29, 0.717) is 13.0 Å². The van der Waals surface area contributed by atoms with E-state index in [1.807, 2.05) is 0 Å². The Balaban J connectivity index is 2.10. The highest BCUT2D eigenvalue weighted by Crippen LogP contribution is 2.22. The molecule has 1 aliphatic rings. The Kier molecular flexibility index (Phi) is 6.12. The SMILES string of the molecule is CC(NC(=O)CN1CCCCCCC1=O)(C(=O)O)c1ccc(F)cc1. The second kappa shape index (κ2) is 8.09. The van der Waals surface area contributed by atoms with Crippen LogP contribution in [-0.4, -0.2) is 40.9 Å². The third kappa shape index (κ3) is 4.78. The maximum atomic E-state index is 13.1. The van der Waals surface area contributed by atoms with Gasteiger partial charge in [-0.1, -0.05) is 25.0 Å². The number of hydrogen-bond acceptors (Lipinski definition) is 3. The van der Waals surface area contributed by atoms with Gasteiger partial charge in [0.2, 0.25) is 11.8 Å². The molecule has 0 saturated carbocycles. The van der Waals surface area contributed by atoms with Crippen LogP contribution in [0.25, 0.3) is 0 Å². The number of rotatable bonds is 5. The first kappa shape index (κ1) is 18.9. The van der Waals surface area contributed by atoms with E-state index >= 15 is 0 Å². The summed E-state index contributed by atoms with van der Waals surface area (Å²) in [5, 5.41) is 12.0. The molecule has 0 aromatic heterocycles. The number of carboxylic acids is 1. The Bertz CT molecular complexity index is 647. The lowest BCUT2D eigenvalue weighted by Crippen LogP contribution is -2.53. The number of hydrogen-bond donors (Lipinski definition) is 2. The van der Waals surface area contributed by atoms with Gasteiger partial charge in [0.05, 0.1) is 6.54 Å². The van der Waals surface area contributed by atoms with Crippen molar-refractivity contribution in [3.05, 3.63) is 35.6 Å². The standard InChI is InChI=1S/C18H23FN2O4/c1-18(17(24)25,13-7-9-14(19)10-8-13)20-15(22)12-21-11-5-3-2-4-6-16(21)23/h7-10H,2-6,11-12H2,1H3,(H,20,22)(H,24,25). The van der Waals surface area contributed by atoms with E-state index in [9.17, 15) is 23.9 Å². The number of likely N-dealkylation sites (tertiary alicyclic amines) is 1. The number of benzene rings is 1. The van der Waals surface area contributed by atoms with Gasteiger partial charge in [0.1, 0.15) is 5.82 Å². The molecular weight excluding hydrogens is 327 g/mol. The van der Waals surface area contributed by atoms with E-state index in [-0.39, 0.29) is 18.0 Å². The van der Waals surface area contributed by atoms with Gasteiger partial charge in [0, 0.05) is 13.0 Å². The number of amides is 2. The molecule has 0 bridgehead atoms. The summed E-state index contributed by atoms with van der Waals surface area (Å²) in [6.45, 7) is 1.66. The van der Waals surface area contributed by atoms with Crippen molar-refractivity contribution in [2.24, 2.45) is 0 Å².